The third kappa shape index (κ3) is 2.81. The first kappa shape index (κ1) is 14.1. The summed E-state index contributed by atoms with van der Waals surface area (Å²) in [6, 6.07) is 14.1. The van der Waals surface area contributed by atoms with E-state index in [1.54, 1.807) is 0 Å². The molecule has 4 heteroatoms. The van der Waals surface area contributed by atoms with Crippen LogP contribution in [0.3, 0.4) is 0 Å². The Morgan fingerprint density at radius 1 is 1.14 bits per heavy atom. The van der Waals surface area contributed by atoms with Crippen molar-refractivity contribution in [3.05, 3.63) is 59.9 Å². The predicted molar refractivity (Wildman–Crippen MR) is 88.4 cm³/mol. The minimum absolute atomic E-state index is 0.521. The van der Waals surface area contributed by atoms with Gasteiger partial charge in [0.05, 0.1) is 5.69 Å². The van der Waals surface area contributed by atoms with Crippen LogP contribution in [0.1, 0.15) is 31.0 Å². The van der Waals surface area contributed by atoms with Crippen molar-refractivity contribution in [1.29, 1.82) is 0 Å². The quantitative estimate of drug-likeness (QED) is 0.612. The van der Waals surface area contributed by atoms with Crippen LogP contribution < -0.4 is 4.74 Å². The minimum Gasteiger partial charge on any atom is -0.437 e. The van der Waals surface area contributed by atoms with Crippen molar-refractivity contribution in [2.75, 3.05) is 0 Å². The van der Waals surface area contributed by atoms with Crippen LogP contribution in [0.25, 0.3) is 5.65 Å². The summed E-state index contributed by atoms with van der Waals surface area (Å²) in [5, 5.41) is 0.692. The zero-order chi connectivity index (χ0) is 14.8. The van der Waals surface area contributed by atoms with Gasteiger partial charge in [-0.25, -0.2) is 0 Å². The number of pyridine rings is 1. The lowest BCUT2D eigenvalue weighted by Gasteiger charge is -2.08. The monoisotopic (exact) mass is 344 g/mol. The number of hydrogen-bond donors (Lipinski definition) is 0. The molecule has 0 aliphatic heterocycles. The molecule has 0 aliphatic carbocycles. The normalized spacial score (nSPS) is 11.2. The largest absolute Gasteiger partial charge is 0.437 e. The highest BCUT2D eigenvalue weighted by molar-refractivity contribution is 9.08. The van der Waals surface area contributed by atoms with E-state index in [1.165, 1.54) is 5.56 Å². The molecule has 0 fully saturated rings. The molecule has 2 heterocycles. The Hall–Kier alpha value is -1.81. The molecule has 0 spiro atoms. The van der Waals surface area contributed by atoms with Crippen LogP contribution in [0.15, 0.2) is 48.7 Å². The first-order valence-electron chi connectivity index (χ1n) is 6.99. The topological polar surface area (TPSA) is 26.5 Å². The fourth-order valence-electron chi connectivity index (χ4n) is 2.26. The summed E-state index contributed by atoms with van der Waals surface area (Å²) < 4.78 is 7.99. The van der Waals surface area contributed by atoms with Gasteiger partial charge in [0.1, 0.15) is 11.4 Å². The standard InChI is InChI=1S/C17H17BrN2O/c1-12(2)13-6-8-14(9-7-13)21-17-15(11-18)20-10-4-3-5-16(20)19-17/h3-10,12H,11H2,1-2H3. The molecule has 0 aliphatic rings. The Bertz CT molecular complexity index is 747. The van der Waals surface area contributed by atoms with Gasteiger partial charge in [0.2, 0.25) is 5.88 Å². The molecule has 2 aromatic heterocycles. The van der Waals surface area contributed by atoms with Crippen molar-refractivity contribution in [1.82, 2.24) is 9.38 Å². The van der Waals surface area contributed by atoms with E-state index in [0.717, 1.165) is 17.1 Å². The number of ether oxygens (including phenoxy) is 1. The molecule has 0 unspecified atom stereocenters. The summed E-state index contributed by atoms with van der Waals surface area (Å²) in [6.45, 7) is 4.36. The zero-order valence-electron chi connectivity index (χ0n) is 12.1. The lowest BCUT2D eigenvalue weighted by molar-refractivity contribution is 0.461. The van der Waals surface area contributed by atoms with E-state index in [1.807, 2.05) is 40.9 Å². The lowest BCUT2D eigenvalue weighted by Crippen LogP contribution is -1.92. The first-order valence-corrected chi connectivity index (χ1v) is 8.11. The minimum atomic E-state index is 0.521. The van der Waals surface area contributed by atoms with Crippen LogP contribution in [0.4, 0.5) is 0 Å². The van der Waals surface area contributed by atoms with Gasteiger partial charge in [-0.15, -0.1) is 0 Å². The van der Waals surface area contributed by atoms with Gasteiger partial charge < -0.3 is 4.74 Å². The van der Waals surface area contributed by atoms with Crippen LogP contribution in [0, 0.1) is 0 Å². The van der Waals surface area contributed by atoms with Gasteiger partial charge in [-0.3, -0.25) is 4.40 Å². The summed E-state index contributed by atoms with van der Waals surface area (Å²) in [6.07, 6.45) is 1.99. The average molecular weight is 345 g/mol. The van der Waals surface area contributed by atoms with Crippen LogP contribution in [0.5, 0.6) is 11.6 Å². The van der Waals surface area contributed by atoms with Crippen molar-refractivity contribution < 1.29 is 4.74 Å². The number of fused-ring (bicyclic) bond motifs is 1. The maximum Gasteiger partial charge on any atom is 0.242 e. The van der Waals surface area contributed by atoms with Gasteiger partial charge in [0.25, 0.3) is 0 Å². The number of aromatic nitrogens is 2. The van der Waals surface area contributed by atoms with Crippen molar-refractivity contribution in [2.45, 2.75) is 25.1 Å². The third-order valence-corrected chi connectivity index (χ3v) is 4.01. The Kier molecular flexibility index (Phi) is 3.97. The van der Waals surface area contributed by atoms with Crippen LogP contribution >= 0.6 is 15.9 Å². The van der Waals surface area contributed by atoms with Gasteiger partial charge >= 0.3 is 0 Å². The second-order valence-corrected chi connectivity index (χ2v) is 5.81. The number of benzene rings is 1. The number of nitrogens with zero attached hydrogens (tertiary/aromatic N) is 2. The molecule has 3 nitrogen and oxygen atoms in total. The number of alkyl halides is 1. The number of hydrogen-bond acceptors (Lipinski definition) is 2. The van der Waals surface area contributed by atoms with E-state index < -0.39 is 0 Å². The summed E-state index contributed by atoms with van der Waals surface area (Å²) in [5.41, 5.74) is 3.21. The molecule has 1 aromatic carbocycles. The Morgan fingerprint density at radius 2 is 1.90 bits per heavy atom. The Morgan fingerprint density at radius 3 is 2.57 bits per heavy atom. The van der Waals surface area contributed by atoms with E-state index in [0.29, 0.717) is 17.1 Å². The van der Waals surface area contributed by atoms with Crippen LogP contribution in [-0.4, -0.2) is 9.38 Å². The van der Waals surface area contributed by atoms with Gasteiger partial charge in [0.15, 0.2) is 0 Å². The zero-order valence-corrected chi connectivity index (χ0v) is 13.7. The average Bonchev–Trinajstić information content (AvgIpc) is 2.84. The number of rotatable bonds is 4. The van der Waals surface area contributed by atoms with Crippen molar-refractivity contribution >= 4 is 21.6 Å². The van der Waals surface area contributed by atoms with E-state index in [-0.39, 0.29) is 0 Å². The smallest absolute Gasteiger partial charge is 0.242 e. The fraction of sp³-hybridized carbons (Fsp3) is 0.235. The summed E-state index contributed by atoms with van der Waals surface area (Å²) in [4.78, 5) is 4.55. The number of halogens is 1. The fourth-order valence-corrected chi connectivity index (χ4v) is 2.77. The lowest BCUT2D eigenvalue weighted by atomic mass is 10.0. The molecule has 3 aromatic rings. The van der Waals surface area contributed by atoms with E-state index >= 15 is 0 Å². The van der Waals surface area contributed by atoms with Crippen LogP contribution in [0.2, 0.25) is 0 Å². The van der Waals surface area contributed by atoms with Gasteiger partial charge in [-0.1, -0.05) is 48.0 Å². The highest BCUT2D eigenvalue weighted by atomic mass is 79.9. The second-order valence-electron chi connectivity index (χ2n) is 5.25. The molecule has 0 atom stereocenters. The predicted octanol–water partition coefficient (Wildman–Crippen LogP) is 5.14. The molecule has 3 rings (SSSR count). The first-order chi connectivity index (χ1) is 10.2. The van der Waals surface area contributed by atoms with Gasteiger partial charge in [0, 0.05) is 11.5 Å². The third-order valence-electron chi connectivity index (χ3n) is 3.48. The maximum atomic E-state index is 5.96. The maximum absolute atomic E-state index is 5.96. The molecule has 108 valence electrons. The van der Waals surface area contributed by atoms with E-state index in [9.17, 15) is 0 Å². The van der Waals surface area contributed by atoms with E-state index in [4.69, 9.17) is 4.74 Å². The molecule has 0 saturated carbocycles. The Labute approximate surface area is 132 Å². The summed E-state index contributed by atoms with van der Waals surface area (Å²) >= 11 is 3.51. The van der Waals surface area contributed by atoms with Crippen molar-refractivity contribution in [2.24, 2.45) is 0 Å². The second kappa shape index (κ2) is 5.90. The highest BCUT2D eigenvalue weighted by Crippen LogP contribution is 2.28. The van der Waals surface area contributed by atoms with Crippen LogP contribution in [-0.2, 0) is 5.33 Å². The van der Waals surface area contributed by atoms with Gasteiger partial charge in [-0.2, -0.15) is 4.98 Å². The molecule has 0 saturated heterocycles. The molecule has 0 N–H and O–H groups in total. The molecule has 0 bridgehead atoms. The molecule has 21 heavy (non-hydrogen) atoms. The van der Waals surface area contributed by atoms with Crippen molar-refractivity contribution in [3.8, 4) is 11.6 Å². The number of imidazole rings is 1. The Balaban J connectivity index is 1.94. The molecular formula is C17H17BrN2O. The van der Waals surface area contributed by atoms with Crippen molar-refractivity contribution in [3.63, 3.8) is 0 Å². The van der Waals surface area contributed by atoms with E-state index in [2.05, 4.69) is 46.9 Å². The highest BCUT2D eigenvalue weighted by Gasteiger charge is 2.13. The summed E-state index contributed by atoms with van der Waals surface area (Å²) in [7, 11) is 0. The van der Waals surface area contributed by atoms with Gasteiger partial charge in [-0.05, 0) is 35.7 Å². The molecule has 0 radical (unpaired) electrons. The molecule has 0 amide bonds. The molecular weight excluding hydrogens is 328 g/mol. The SMILES string of the molecule is CC(C)c1ccc(Oc2nc3ccccn3c2CBr)cc1. The summed E-state index contributed by atoms with van der Waals surface area (Å²) in [5.74, 6) is 1.98.